The molecule has 0 spiro atoms. The molecular weight excluding hydrogens is 935 g/mol. The molecule has 0 aliphatic heterocycles. The number of carbonyl (C=O) groups excluding carboxylic acids is 2. The average molecular weight is 1060 g/mol. The van der Waals surface area contributed by atoms with E-state index in [9.17, 15) is 30.0 Å². The summed E-state index contributed by atoms with van der Waals surface area (Å²) in [6, 6.07) is 9.21. The fourth-order valence-corrected chi connectivity index (χ4v) is 10.6. The molecule has 1 aromatic rings. The van der Waals surface area contributed by atoms with E-state index in [1.807, 2.05) is 30.3 Å². The van der Waals surface area contributed by atoms with E-state index in [1.54, 1.807) is 0 Å². The van der Waals surface area contributed by atoms with Gasteiger partial charge in [-0.2, -0.15) is 0 Å². The standard InChI is InChI=1S/C65H123N3O7/c1-5-9-13-17-21-25-29-36-44-59(69)54-67(55-60(70)45-37-30-26-22-18-14-10-6-2)51-40-48-64(73)66-63(50-49-58-42-34-33-35-43-58)65(74)75-53-41-52-68(56-61(71)46-38-31-27-23-19-15-11-7-3)57-62(72)47-39-32-28-24-20-16-12-8-4/h33-35,42-43,59-63,69-72H,5-32,36-41,44-57H2,1-4H3,(H,66,73)/t59?,60?,61?,62?,63-/m0/s1. The van der Waals surface area contributed by atoms with Crippen LogP contribution in [0.15, 0.2) is 30.3 Å². The van der Waals surface area contributed by atoms with Crippen LogP contribution in [0, 0.1) is 0 Å². The van der Waals surface area contributed by atoms with Gasteiger partial charge in [0, 0.05) is 39.1 Å². The third-order valence-electron chi connectivity index (χ3n) is 15.4. The Morgan fingerprint density at radius 3 is 1.09 bits per heavy atom. The summed E-state index contributed by atoms with van der Waals surface area (Å²) in [5, 5.41) is 47.6. The molecule has 0 aliphatic carbocycles. The molecule has 0 saturated carbocycles. The van der Waals surface area contributed by atoms with Gasteiger partial charge in [-0.1, -0.05) is 263 Å². The van der Waals surface area contributed by atoms with Crippen LogP contribution in [0.3, 0.4) is 0 Å². The Morgan fingerprint density at radius 1 is 0.427 bits per heavy atom. The highest BCUT2D eigenvalue weighted by atomic mass is 16.5. The van der Waals surface area contributed by atoms with Gasteiger partial charge >= 0.3 is 5.97 Å². The van der Waals surface area contributed by atoms with E-state index in [2.05, 4.69) is 42.8 Å². The molecule has 0 radical (unpaired) electrons. The molecule has 5 N–H and O–H groups in total. The van der Waals surface area contributed by atoms with E-state index in [4.69, 9.17) is 4.74 Å². The molecule has 0 saturated heterocycles. The molecule has 0 aromatic heterocycles. The van der Waals surface area contributed by atoms with Crippen molar-refractivity contribution < 1.29 is 34.8 Å². The van der Waals surface area contributed by atoms with Crippen molar-refractivity contribution in [2.24, 2.45) is 0 Å². The topological polar surface area (TPSA) is 143 Å². The maximum Gasteiger partial charge on any atom is 0.328 e. The molecule has 1 aromatic carbocycles. The number of nitrogens with one attached hydrogen (secondary N) is 1. The molecule has 10 heteroatoms. The number of carbonyl (C=O) groups is 2. The molecule has 0 bridgehead atoms. The maximum atomic E-state index is 13.8. The summed E-state index contributed by atoms with van der Waals surface area (Å²) in [4.78, 5) is 31.7. The third kappa shape index (κ3) is 45.5. The van der Waals surface area contributed by atoms with E-state index in [-0.39, 0.29) is 18.9 Å². The van der Waals surface area contributed by atoms with Crippen molar-refractivity contribution in [3.63, 3.8) is 0 Å². The van der Waals surface area contributed by atoms with Crippen LogP contribution in [0.25, 0.3) is 0 Å². The molecule has 75 heavy (non-hydrogen) atoms. The molecule has 440 valence electrons. The molecule has 0 heterocycles. The number of ether oxygens (including phenoxy) is 1. The zero-order valence-electron chi connectivity index (χ0n) is 49.6. The van der Waals surface area contributed by atoms with E-state index in [0.29, 0.717) is 65.0 Å². The largest absolute Gasteiger partial charge is 0.464 e. The SMILES string of the molecule is CCCCCCCCCCC(O)CN(CCCOC(=O)[C@H](CCc1ccccc1)NC(=O)CCCN(CC(O)CCCCCCCCCC)CC(O)CCCCCCCCCC)CC(O)CCCCCCCCCC. The number of esters is 1. The van der Waals surface area contributed by atoms with Crippen LogP contribution in [0.1, 0.15) is 290 Å². The van der Waals surface area contributed by atoms with Gasteiger partial charge in [0.25, 0.3) is 0 Å². The minimum absolute atomic E-state index is 0.187. The van der Waals surface area contributed by atoms with Crippen LogP contribution in [0.4, 0.5) is 0 Å². The van der Waals surface area contributed by atoms with Crippen LogP contribution in [0.2, 0.25) is 0 Å². The predicted octanol–water partition coefficient (Wildman–Crippen LogP) is 15.0. The van der Waals surface area contributed by atoms with Crippen LogP contribution in [-0.4, -0.2) is 118 Å². The molecule has 10 nitrogen and oxygen atoms in total. The van der Waals surface area contributed by atoms with Gasteiger partial charge < -0.3 is 30.5 Å². The second-order valence-corrected chi connectivity index (χ2v) is 23.0. The maximum absolute atomic E-state index is 13.8. The average Bonchev–Trinajstić information content (AvgIpc) is 3.39. The molecule has 5 atom stereocenters. The first-order valence-electron chi connectivity index (χ1n) is 32.3. The van der Waals surface area contributed by atoms with Crippen molar-refractivity contribution in [2.45, 2.75) is 321 Å². The van der Waals surface area contributed by atoms with Crippen molar-refractivity contribution in [3.05, 3.63) is 35.9 Å². The normalized spacial score (nSPS) is 13.8. The number of aryl methyl sites for hydroxylation is 1. The summed E-state index contributed by atoms with van der Waals surface area (Å²) in [6.45, 7) is 12.3. The van der Waals surface area contributed by atoms with Crippen LogP contribution >= 0.6 is 0 Å². The molecule has 0 fully saturated rings. The van der Waals surface area contributed by atoms with Crippen molar-refractivity contribution in [1.29, 1.82) is 0 Å². The Bertz CT molecular complexity index is 1320. The van der Waals surface area contributed by atoms with E-state index in [0.717, 1.165) is 82.6 Å². The zero-order chi connectivity index (χ0) is 54.7. The van der Waals surface area contributed by atoms with Gasteiger partial charge in [-0.05, 0) is 63.5 Å². The summed E-state index contributed by atoms with van der Waals surface area (Å²) in [6.07, 6.45) is 42.5. The fourth-order valence-electron chi connectivity index (χ4n) is 10.6. The van der Waals surface area contributed by atoms with Gasteiger partial charge in [0.05, 0.1) is 31.0 Å². The van der Waals surface area contributed by atoms with E-state index >= 15 is 0 Å². The monoisotopic (exact) mass is 1060 g/mol. The smallest absolute Gasteiger partial charge is 0.328 e. The summed E-state index contributed by atoms with van der Waals surface area (Å²) < 4.78 is 5.91. The number of unbranched alkanes of at least 4 members (excludes halogenated alkanes) is 28. The van der Waals surface area contributed by atoms with Crippen molar-refractivity contribution in [3.8, 4) is 0 Å². The first-order valence-corrected chi connectivity index (χ1v) is 32.3. The number of aliphatic hydroxyl groups excluding tert-OH is 4. The third-order valence-corrected chi connectivity index (χ3v) is 15.4. The Labute approximate surface area is 463 Å². The number of hydrogen-bond donors (Lipinski definition) is 5. The molecular formula is C65H123N3O7. The number of hydrogen-bond acceptors (Lipinski definition) is 9. The number of nitrogens with zero attached hydrogens (tertiary/aromatic N) is 2. The van der Waals surface area contributed by atoms with Gasteiger partial charge in [0.2, 0.25) is 5.91 Å². The minimum atomic E-state index is -0.797. The highest BCUT2D eigenvalue weighted by Gasteiger charge is 2.24. The zero-order valence-corrected chi connectivity index (χ0v) is 49.6. The Morgan fingerprint density at radius 2 is 0.747 bits per heavy atom. The summed E-state index contributed by atoms with van der Waals surface area (Å²) in [7, 11) is 0. The van der Waals surface area contributed by atoms with E-state index in [1.165, 1.54) is 154 Å². The van der Waals surface area contributed by atoms with E-state index < -0.39 is 36.4 Å². The summed E-state index contributed by atoms with van der Waals surface area (Å²) in [5.41, 5.74) is 1.09. The summed E-state index contributed by atoms with van der Waals surface area (Å²) >= 11 is 0. The van der Waals surface area contributed by atoms with Crippen LogP contribution in [-0.2, 0) is 20.7 Å². The quantitative estimate of drug-likeness (QED) is 0.0318. The van der Waals surface area contributed by atoms with Crippen LogP contribution < -0.4 is 5.32 Å². The lowest BCUT2D eigenvalue weighted by atomic mass is 10.0. The Kier molecular flexibility index (Phi) is 49.8. The predicted molar refractivity (Wildman–Crippen MR) is 317 cm³/mol. The van der Waals surface area contributed by atoms with Crippen LogP contribution in [0.5, 0.6) is 0 Å². The van der Waals surface area contributed by atoms with Crippen molar-refractivity contribution >= 4 is 11.9 Å². The van der Waals surface area contributed by atoms with Crippen molar-refractivity contribution in [2.75, 3.05) is 45.9 Å². The van der Waals surface area contributed by atoms with Gasteiger partial charge in [-0.15, -0.1) is 0 Å². The number of amides is 1. The second-order valence-electron chi connectivity index (χ2n) is 23.0. The highest BCUT2D eigenvalue weighted by Crippen LogP contribution is 2.17. The number of benzene rings is 1. The van der Waals surface area contributed by atoms with Crippen molar-refractivity contribution in [1.82, 2.24) is 15.1 Å². The first kappa shape index (κ1) is 70.9. The second kappa shape index (κ2) is 52.6. The number of rotatable bonds is 57. The molecule has 1 amide bonds. The van der Waals surface area contributed by atoms with Gasteiger partial charge in [-0.3, -0.25) is 14.6 Å². The Balaban J connectivity index is 2.87. The number of aliphatic hydroxyl groups is 4. The lowest BCUT2D eigenvalue weighted by molar-refractivity contribution is -0.148. The minimum Gasteiger partial charge on any atom is -0.464 e. The van der Waals surface area contributed by atoms with Gasteiger partial charge in [0.15, 0.2) is 0 Å². The molecule has 4 unspecified atom stereocenters. The Hall–Kier alpha value is -2.08. The van der Waals surface area contributed by atoms with Gasteiger partial charge in [0.1, 0.15) is 6.04 Å². The van der Waals surface area contributed by atoms with Gasteiger partial charge in [-0.25, -0.2) is 4.79 Å². The first-order chi connectivity index (χ1) is 36.6. The summed E-state index contributed by atoms with van der Waals surface area (Å²) in [5.74, 6) is -0.642. The fraction of sp³-hybridized carbons (Fsp3) is 0.877. The highest BCUT2D eigenvalue weighted by molar-refractivity contribution is 5.84. The lowest BCUT2D eigenvalue weighted by Crippen LogP contribution is -2.43. The lowest BCUT2D eigenvalue weighted by Gasteiger charge is -2.28. The molecule has 0 aliphatic rings. The molecule has 1 rings (SSSR count).